The number of carbonyl (C=O) groups is 1. The van der Waals surface area contributed by atoms with Crippen LogP contribution in [-0.2, 0) is 6.54 Å². The number of aromatic nitrogens is 2. The van der Waals surface area contributed by atoms with Crippen molar-refractivity contribution in [3.05, 3.63) is 63.2 Å². The zero-order valence-electron chi connectivity index (χ0n) is 22.2. The summed E-state index contributed by atoms with van der Waals surface area (Å²) in [7, 11) is 0. The number of aryl methyl sites for hydroxylation is 1. The van der Waals surface area contributed by atoms with Gasteiger partial charge in [0.2, 0.25) is 0 Å². The summed E-state index contributed by atoms with van der Waals surface area (Å²) in [5.41, 5.74) is 4.01. The minimum atomic E-state index is -0.152. The number of nitrogens with one attached hydrogen (secondary N) is 2. The molecule has 1 aliphatic carbocycles. The third-order valence-electron chi connectivity index (χ3n) is 8.50. The van der Waals surface area contributed by atoms with Crippen LogP contribution < -0.4 is 10.9 Å². The maximum absolute atomic E-state index is 13.6. The van der Waals surface area contributed by atoms with E-state index in [0.29, 0.717) is 23.1 Å². The molecule has 8 heteroatoms. The van der Waals surface area contributed by atoms with E-state index in [2.05, 4.69) is 32.8 Å². The first-order valence-corrected chi connectivity index (χ1v) is 14.6. The van der Waals surface area contributed by atoms with E-state index in [1.165, 1.54) is 11.8 Å². The van der Waals surface area contributed by atoms with Crippen LogP contribution in [0.5, 0.6) is 0 Å². The summed E-state index contributed by atoms with van der Waals surface area (Å²) < 4.78 is 2.36. The molecule has 1 atom stereocenters. The monoisotopic (exact) mass is 522 g/mol. The Kier molecular flexibility index (Phi) is 7.52. The highest BCUT2D eigenvalue weighted by Crippen LogP contribution is 2.39. The lowest BCUT2D eigenvalue weighted by molar-refractivity contribution is -0.0380. The van der Waals surface area contributed by atoms with Gasteiger partial charge in [0.1, 0.15) is 0 Å². The predicted octanol–water partition coefficient (Wildman–Crippen LogP) is 4.39. The number of hydrogen-bond acceptors (Lipinski definition) is 5. The number of fused-ring (bicyclic) bond motifs is 1. The molecule has 2 fully saturated rings. The van der Waals surface area contributed by atoms with Crippen LogP contribution in [0.25, 0.3) is 10.9 Å². The number of pyridine rings is 1. The lowest BCUT2D eigenvalue weighted by atomic mass is 9.80. The van der Waals surface area contributed by atoms with Gasteiger partial charge in [0.15, 0.2) is 0 Å². The molecule has 198 valence electrons. The minimum absolute atomic E-state index is 0.146. The first-order chi connectivity index (χ1) is 17.8. The molecule has 0 radical (unpaired) electrons. The maximum Gasteiger partial charge on any atom is 0.254 e. The molecule has 7 nitrogen and oxygen atoms in total. The number of aromatic amines is 1. The fourth-order valence-electron chi connectivity index (χ4n) is 6.44. The average molecular weight is 523 g/mol. The number of aliphatic hydroxyl groups is 1. The molecule has 1 saturated carbocycles. The number of β-amino-alcohol motifs (C(OH)–C–C–N with tert-alkyl or cyclic N) is 1. The van der Waals surface area contributed by atoms with Crippen molar-refractivity contribution in [1.29, 1.82) is 0 Å². The number of H-pyrrole nitrogens is 1. The molecule has 37 heavy (non-hydrogen) atoms. The number of thioether (sulfide) groups is 1. The lowest BCUT2D eigenvalue weighted by Gasteiger charge is -2.45. The van der Waals surface area contributed by atoms with E-state index >= 15 is 0 Å². The molecule has 0 bridgehead atoms. The van der Waals surface area contributed by atoms with Gasteiger partial charge >= 0.3 is 0 Å². The number of aliphatic hydroxyl groups excluding tert-OH is 1. The number of rotatable bonds is 7. The van der Waals surface area contributed by atoms with Gasteiger partial charge < -0.3 is 20.0 Å². The average Bonchev–Trinajstić information content (AvgIpc) is 3.17. The van der Waals surface area contributed by atoms with Gasteiger partial charge in [-0.2, -0.15) is 0 Å². The largest absolute Gasteiger partial charge is 0.390 e. The summed E-state index contributed by atoms with van der Waals surface area (Å²) >= 11 is 1.52. The number of amides is 1. The number of carbonyl (C=O) groups excluding carboxylic acids is 1. The highest BCUT2D eigenvalue weighted by atomic mass is 32.2. The molecule has 3 heterocycles. The topological polar surface area (TPSA) is 90.4 Å². The summed E-state index contributed by atoms with van der Waals surface area (Å²) in [4.78, 5) is 32.3. The van der Waals surface area contributed by atoms with E-state index in [1.807, 2.05) is 44.4 Å². The van der Waals surface area contributed by atoms with Crippen molar-refractivity contribution in [3.8, 4) is 0 Å². The molecule has 5 rings (SSSR count). The Morgan fingerprint density at radius 1 is 1.19 bits per heavy atom. The lowest BCUT2D eigenvalue weighted by Crippen LogP contribution is -2.56. The van der Waals surface area contributed by atoms with E-state index in [-0.39, 0.29) is 30.2 Å². The fraction of sp³-hybridized carbons (Fsp3) is 0.517. The normalized spacial score (nSPS) is 21.6. The predicted molar refractivity (Wildman–Crippen MR) is 149 cm³/mol. The Bertz CT molecular complexity index is 1350. The summed E-state index contributed by atoms with van der Waals surface area (Å²) in [5.74, 6) is 0.398. The van der Waals surface area contributed by atoms with Crippen molar-refractivity contribution in [2.45, 2.75) is 76.1 Å². The van der Waals surface area contributed by atoms with Gasteiger partial charge in [-0.05, 0) is 70.8 Å². The summed E-state index contributed by atoms with van der Waals surface area (Å²) in [6, 6.07) is 11.0. The van der Waals surface area contributed by atoms with Gasteiger partial charge in [-0.15, -0.1) is 11.8 Å². The molecule has 0 unspecified atom stereocenters. The first kappa shape index (κ1) is 26.1. The van der Waals surface area contributed by atoms with Crippen LogP contribution in [0, 0.1) is 19.8 Å². The zero-order valence-corrected chi connectivity index (χ0v) is 23.0. The molecular weight excluding hydrogens is 484 g/mol. The van der Waals surface area contributed by atoms with Gasteiger partial charge in [-0.3, -0.25) is 14.5 Å². The molecule has 2 aromatic heterocycles. The minimum Gasteiger partial charge on any atom is -0.390 e. The van der Waals surface area contributed by atoms with E-state index in [1.54, 1.807) is 0 Å². The highest BCUT2D eigenvalue weighted by Gasteiger charge is 2.35. The second kappa shape index (κ2) is 10.7. The van der Waals surface area contributed by atoms with Crippen LogP contribution >= 0.6 is 11.8 Å². The van der Waals surface area contributed by atoms with Crippen molar-refractivity contribution in [2.75, 3.05) is 19.3 Å². The van der Waals surface area contributed by atoms with Gasteiger partial charge in [0.25, 0.3) is 11.5 Å². The molecular formula is C29H38N4O3S. The highest BCUT2D eigenvalue weighted by molar-refractivity contribution is 7.98. The van der Waals surface area contributed by atoms with E-state index < -0.39 is 0 Å². The molecule has 3 N–H and O–H groups in total. The van der Waals surface area contributed by atoms with Crippen molar-refractivity contribution < 1.29 is 9.90 Å². The molecule has 1 saturated heterocycles. The molecule has 3 aromatic rings. The number of nitrogens with zero attached hydrogens (tertiary/aromatic N) is 2. The summed E-state index contributed by atoms with van der Waals surface area (Å²) in [6.45, 7) is 8.02. The fourth-order valence-corrected chi connectivity index (χ4v) is 7.15. The van der Waals surface area contributed by atoms with Crippen LogP contribution in [0.4, 0.5) is 0 Å². The maximum atomic E-state index is 13.6. The summed E-state index contributed by atoms with van der Waals surface area (Å²) in [6.07, 6.45) is 6.43. The molecule has 1 aliphatic heterocycles. The SMILES string of the molecule is CSc1cc(C)[nH]c(=O)c1CNC(=O)c1c(C)n([C@H](C)C2CCC(N3CC(O)C3)CC2)c2ccccc12. The van der Waals surface area contributed by atoms with Gasteiger partial charge in [-0.25, -0.2) is 0 Å². The van der Waals surface area contributed by atoms with Crippen LogP contribution in [0.1, 0.15) is 66.0 Å². The van der Waals surface area contributed by atoms with E-state index in [0.717, 1.165) is 66.0 Å². The van der Waals surface area contributed by atoms with Crippen LogP contribution in [0.3, 0.4) is 0 Å². The molecule has 1 aromatic carbocycles. The van der Waals surface area contributed by atoms with Crippen molar-refractivity contribution in [1.82, 2.24) is 19.8 Å². The first-order valence-electron chi connectivity index (χ1n) is 13.3. The van der Waals surface area contributed by atoms with Crippen molar-refractivity contribution in [3.63, 3.8) is 0 Å². The van der Waals surface area contributed by atoms with Gasteiger partial charge in [0.05, 0.1) is 11.7 Å². The van der Waals surface area contributed by atoms with Crippen LogP contribution in [0.15, 0.2) is 40.0 Å². The van der Waals surface area contributed by atoms with E-state index in [9.17, 15) is 14.7 Å². The zero-order chi connectivity index (χ0) is 26.3. The standard InChI is InChI=1S/C29H38N4O3S/c1-17-13-26(37-4)24(28(35)31-17)14-30-29(36)27-19(3)33(25-8-6-5-7-23(25)27)18(2)20-9-11-21(12-10-20)32-15-22(34)16-32/h5-8,13,18,20-22,34H,9-12,14-16H2,1-4H3,(H,30,36)(H,31,35)/t18-,20?,21?/m1/s1. The smallest absolute Gasteiger partial charge is 0.254 e. The third kappa shape index (κ3) is 4.99. The number of hydrogen-bond donors (Lipinski definition) is 3. The van der Waals surface area contributed by atoms with E-state index in [4.69, 9.17) is 0 Å². The third-order valence-corrected chi connectivity index (χ3v) is 9.30. The molecule has 0 spiro atoms. The van der Waals surface area contributed by atoms with Crippen LogP contribution in [0.2, 0.25) is 0 Å². The number of para-hydroxylation sites is 1. The van der Waals surface area contributed by atoms with Crippen LogP contribution in [-0.4, -0.2) is 57.0 Å². The summed E-state index contributed by atoms with van der Waals surface area (Å²) in [5, 5.41) is 13.7. The number of likely N-dealkylation sites (tertiary alicyclic amines) is 1. The Balaban J connectivity index is 1.37. The molecule has 1 amide bonds. The Labute approximate surface area is 222 Å². The van der Waals surface area contributed by atoms with Crippen molar-refractivity contribution >= 4 is 28.6 Å². The Morgan fingerprint density at radius 2 is 1.89 bits per heavy atom. The second-order valence-electron chi connectivity index (χ2n) is 10.8. The molecule has 2 aliphatic rings. The Morgan fingerprint density at radius 3 is 2.57 bits per heavy atom. The Hall–Kier alpha value is -2.55. The van der Waals surface area contributed by atoms with Gasteiger partial charge in [0, 0.05) is 64.5 Å². The van der Waals surface area contributed by atoms with Gasteiger partial charge in [-0.1, -0.05) is 18.2 Å². The quantitative estimate of drug-likeness (QED) is 0.401. The van der Waals surface area contributed by atoms with Crippen molar-refractivity contribution in [2.24, 2.45) is 5.92 Å². The second-order valence-corrected chi connectivity index (χ2v) is 11.6. The number of benzene rings is 1.